The summed E-state index contributed by atoms with van der Waals surface area (Å²) in [5.74, 6) is 1.33. The Kier molecular flexibility index (Phi) is 6.96. The second-order valence-corrected chi connectivity index (χ2v) is 8.72. The third kappa shape index (κ3) is 5.87. The maximum absolute atomic E-state index is 12.2. The van der Waals surface area contributed by atoms with Crippen molar-refractivity contribution in [2.24, 2.45) is 11.8 Å². The van der Waals surface area contributed by atoms with Gasteiger partial charge in [-0.2, -0.15) is 4.98 Å². The van der Waals surface area contributed by atoms with Crippen molar-refractivity contribution >= 4 is 22.4 Å². The SMILES string of the molecule is O=C(Cc1sc(NCC2CCCCC2)nc1O)NCC1CCCCC1. The third-order valence-electron chi connectivity index (χ3n) is 5.58. The lowest BCUT2D eigenvalue weighted by Gasteiger charge is -2.21. The first kappa shape index (κ1) is 18.5. The first-order valence-corrected chi connectivity index (χ1v) is 10.7. The lowest BCUT2D eigenvalue weighted by Crippen LogP contribution is -2.31. The van der Waals surface area contributed by atoms with Gasteiger partial charge in [0.25, 0.3) is 0 Å². The summed E-state index contributed by atoms with van der Waals surface area (Å²) in [5.41, 5.74) is 0. The molecule has 2 fully saturated rings. The lowest BCUT2D eigenvalue weighted by atomic mass is 9.89. The smallest absolute Gasteiger partial charge is 0.227 e. The molecule has 2 saturated carbocycles. The number of hydrogen-bond acceptors (Lipinski definition) is 5. The average molecular weight is 366 g/mol. The highest BCUT2D eigenvalue weighted by molar-refractivity contribution is 7.16. The molecule has 1 heterocycles. The van der Waals surface area contributed by atoms with Crippen LogP contribution in [0.5, 0.6) is 5.88 Å². The van der Waals surface area contributed by atoms with Crippen LogP contribution in [0.15, 0.2) is 0 Å². The molecule has 1 amide bonds. The average Bonchev–Trinajstić information content (AvgIpc) is 2.99. The highest BCUT2D eigenvalue weighted by atomic mass is 32.1. The molecule has 3 N–H and O–H groups in total. The largest absolute Gasteiger partial charge is 0.492 e. The van der Waals surface area contributed by atoms with E-state index in [0.717, 1.165) is 18.2 Å². The van der Waals surface area contributed by atoms with Crippen LogP contribution in [0.25, 0.3) is 0 Å². The molecule has 0 radical (unpaired) electrons. The molecule has 0 bridgehead atoms. The number of carbonyl (C=O) groups excluding carboxylic acids is 1. The van der Waals surface area contributed by atoms with Gasteiger partial charge in [-0.05, 0) is 37.5 Å². The van der Waals surface area contributed by atoms with Gasteiger partial charge in [0.05, 0.1) is 11.3 Å². The van der Waals surface area contributed by atoms with Crippen LogP contribution in [0.1, 0.15) is 69.1 Å². The summed E-state index contributed by atoms with van der Waals surface area (Å²) < 4.78 is 0. The van der Waals surface area contributed by atoms with Crippen LogP contribution in [-0.4, -0.2) is 29.1 Å². The van der Waals surface area contributed by atoms with Gasteiger partial charge in [0.1, 0.15) is 0 Å². The molecule has 1 aromatic rings. The van der Waals surface area contributed by atoms with Gasteiger partial charge in [-0.25, -0.2) is 0 Å². The summed E-state index contributed by atoms with van der Waals surface area (Å²) in [4.78, 5) is 17.0. The zero-order valence-electron chi connectivity index (χ0n) is 15.1. The Morgan fingerprint density at radius 1 is 1.00 bits per heavy atom. The predicted molar refractivity (Wildman–Crippen MR) is 102 cm³/mol. The van der Waals surface area contributed by atoms with E-state index in [1.807, 2.05) is 0 Å². The number of aromatic nitrogens is 1. The topological polar surface area (TPSA) is 74.2 Å². The predicted octanol–water partition coefficient (Wildman–Crippen LogP) is 4.08. The van der Waals surface area contributed by atoms with Crippen molar-refractivity contribution in [3.63, 3.8) is 0 Å². The maximum atomic E-state index is 12.2. The Hall–Kier alpha value is -1.30. The molecule has 1 aromatic heterocycles. The van der Waals surface area contributed by atoms with Crippen molar-refractivity contribution in [2.75, 3.05) is 18.4 Å². The van der Waals surface area contributed by atoms with Crippen molar-refractivity contribution in [3.8, 4) is 5.88 Å². The molecule has 5 nitrogen and oxygen atoms in total. The number of aromatic hydroxyl groups is 1. The van der Waals surface area contributed by atoms with Gasteiger partial charge >= 0.3 is 0 Å². The van der Waals surface area contributed by atoms with E-state index >= 15 is 0 Å². The molecule has 0 unspecified atom stereocenters. The van der Waals surface area contributed by atoms with Crippen LogP contribution in [-0.2, 0) is 11.2 Å². The Labute approximate surface area is 154 Å². The summed E-state index contributed by atoms with van der Waals surface area (Å²) in [6.07, 6.45) is 13.1. The number of carbonyl (C=O) groups is 1. The van der Waals surface area contributed by atoms with Crippen LogP contribution in [0.3, 0.4) is 0 Å². The molecule has 0 saturated heterocycles. The molecule has 0 spiro atoms. The van der Waals surface area contributed by atoms with Crippen molar-refractivity contribution in [3.05, 3.63) is 4.88 Å². The standard InChI is InChI=1S/C19H31N3O2S/c23-17(20-12-14-7-3-1-4-8-14)11-16-18(24)22-19(25-16)21-13-15-9-5-2-6-10-15/h14-15,24H,1-13H2,(H,20,23)(H,21,22). The lowest BCUT2D eigenvalue weighted by molar-refractivity contribution is -0.120. The molecule has 6 heteroatoms. The van der Waals surface area contributed by atoms with Gasteiger partial charge in [0, 0.05) is 13.1 Å². The molecule has 0 aliphatic heterocycles. The molecule has 3 rings (SSSR count). The second kappa shape index (κ2) is 9.41. The summed E-state index contributed by atoms with van der Waals surface area (Å²) >= 11 is 1.40. The van der Waals surface area contributed by atoms with Gasteiger partial charge in [0.2, 0.25) is 11.8 Å². The monoisotopic (exact) mass is 365 g/mol. The maximum Gasteiger partial charge on any atom is 0.227 e. The van der Waals surface area contributed by atoms with E-state index in [9.17, 15) is 9.90 Å². The van der Waals surface area contributed by atoms with E-state index in [-0.39, 0.29) is 18.2 Å². The van der Waals surface area contributed by atoms with E-state index in [4.69, 9.17) is 0 Å². The second-order valence-electron chi connectivity index (χ2n) is 7.64. The normalized spacial score (nSPS) is 19.7. The molecule has 2 aliphatic rings. The van der Waals surface area contributed by atoms with Crippen LogP contribution in [0, 0.1) is 11.8 Å². The molecule has 140 valence electrons. The van der Waals surface area contributed by atoms with Crippen LogP contribution in [0.4, 0.5) is 5.13 Å². The minimum atomic E-state index is -0.0108. The fraction of sp³-hybridized carbons (Fsp3) is 0.789. The minimum Gasteiger partial charge on any atom is -0.492 e. The Bertz CT molecular complexity index is 549. The summed E-state index contributed by atoms with van der Waals surface area (Å²) in [6, 6.07) is 0. The van der Waals surface area contributed by atoms with Crippen LogP contribution >= 0.6 is 11.3 Å². The number of amides is 1. The molecule has 25 heavy (non-hydrogen) atoms. The zero-order valence-corrected chi connectivity index (χ0v) is 15.9. The van der Waals surface area contributed by atoms with Crippen LogP contribution in [0.2, 0.25) is 0 Å². The van der Waals surface area contributed by atoms with Crippen LogP contribution < -0.4 is 10.6 Å². The van der Waals surface area contributed by atoms with E-state index in [0.29, 0.717) is 16.7 Å². The van der Waals surface area contributed by atoms with E-state index < -0.39 is 0 Å². The number of thiazole rings is 1. The number of nitrogens with one attached hydrogen (secondary N) is 2. The zero-order chi connectivity index (χ0) is 17.5. The summed E-state index contributed by atoms with van der Waals surface area (Å²) in [7, 11) is 0. The number of nitrogens with zero attached hydrogens (tertiary/aromatic N) is 1. The fourth-order valence-corrected chi connectivity index (χ4v) is 4.88. The Morgan fingerprint density at radius 2 is 1.60 bits per heavy atom. The molecular weight excluding hydrogens is 334 g/mol. The molecular formula is C19H31N3O2S. The van der Waals surface area contributed by atoms with Gasteiger partial charge in [-0.1, -0.05) is 49.9 Å². The highest BCUT2D eigenvalue weighted by Gasteiger charge is 2.18. The molecule has 0 aromatic carbocycles. The van der Waals surface area contributed by atoms with Crippen molar-refractivity contribution < 1.29 is 9.90 Å². The first-order chi connectivity index (χ1) is 12.2. The number of hydrogen-bond donors (Lipinski definition) is 3. The number of anilines is 1. The Balaban J connectivity index is 1.42. The van der Waals surface area contributed by atoms with Gasteiger partial charge in [-0.3, -0.25) is 4.79 Å². The van der Waals surface area contributed by atoms with Crippen molar-refractivity contribution in [2.45, 2.75) is 70.6 Å². The summed E-state index contributed by atoms with van der Waals surface area (Å²) in [6.45, 7) is 1.69. The van der Waals surface area contributed by atoms with E-state index in [2.05, 4.69) is 15.6 Å². The Morgan fingerprint density at radius 3 is 2.24 bits per heavy atom. The molecule has 2 aliphatic carbocycles. The van der Waals surface area contributed by atoms with Gasteiger partial charge in [0.15, 0.2) is 5.13 Å². The third-order valence-corrected chi connectivity index (χ3v) is 6.58. The highest BCUT2D eigenvalue weighted by Crippen LogP contribution is 2.30. The summed E-state index contributed by atoms with van der Waals surface area (Å²) in [5, 5.41) is 17.1. The van der Waals surface area contributed by atoms with E-state index in [1.165, 1.54) is 75.5 Å². The number of rotatable bonds is 7. The minimum absolute atomic E-state index is 0.00367. The van der Waals surface area contributed by atoms with Crippen molar-refractivity contribution in [1.29, 1.82) is 0 Å². The first-order valence-electron chi connectivity index (χ1n) is 9.90. The van der Waals surface area contributed by atoms with Crippen molar-refractivity contribution in [1.82, 2.24) is 10.3 Å². The van der Waals surface area contributed by atoms with Gasteiger partial charge < -0.3 is 15.7 Å². The van der Waals surface area contributed by atoms with E-state index in [1.54, 1.807) is 0 Å². The molecule has 0 atom stereocenters. The quantitative estimate of drug-likeness (QED) is 0.681. The van der Waals surface area contributed by atoms with Gasteiger partial charge in [-0.15, -0.1) is 0 Å². The fourth-order valence-electron chi connectivity index (χ4n) is 4.02.